The summed E-state index contributed by atoms with van der Waals surface area (Å²) in [6.45, 7) is 8.57. The highest BCUT2D eigenvalue weighted by atomic mass is 16.5. The predicted molar refractivity (Wildman–Crippen MR) is 99.6 cm³/mol. The number of carbonyl (C=O) groups excluding carboxylic acids is 1. The van der Waals surface area contributed by atoms with Gasteiger partial charge in [-0.1, -0.05) is 45.0 Å². The second-order valence-electron chi connectivity index (χ2n) is 7.79. The summed E-state index contributed by atoms with van der Waals surface area (Å²) in [4.78, 5) is 13.8. The zero-order chi connectivity index (χ0) is 18.5. The van der Waals surface area contributed by atoms with Crippen LogP contribution in [0.2, 0.25) is 0 Å². The molecule has 1 aromatic rings. The van der Waals surface area contributed by atoms with Crippen LogP contribution in [0.15, 0.2) is 24.3 Å². The number of nitrogens with zero attached hydrogens (tertiary/aromatic N) is 1. The molecule has 2 N–H and O–H groups in total. The van der Waals surface area contributed by atoms with Crippen molar-refractivity contribution in [3.63, 3.8) is 0 Å². The van der Waals surface area contributed by atoms with E-state index in [4.69, 9.17) is 4.74 Å². The molecule has 0 atom stereocenters. The Labute approximate surface area is 151 Å². The summed E-state index contributed by atoms with van der Waals surface area (Å²) in [5.41, 5.74) is 1.71. The second-order valence-corrected chi connectivity index (χ2v) is 7.79. The summed E-state index contributed by atoms with van der Waals surface area (Å²) in [6, 6.07) is 8.25. The maximum Gasteiger partial charge on any atom is 0.317 e. The number of benzene rings is 1. The SMILES string of the molecule is CCC(C)(C)c1ccc(CNC(=O)N(C)CC2(O)CCOCC2)cc1. The Morgan fingerprint density at radius 1 is 1.28 bits per heavy atom. The molecule has 1 fully saturated rings. The number of hydrogen-bond donors (Lipinski definition) is 2. The van der Waals surface area contributed by atoms with E-state index in [9.17, 15) is 9.90 Å². The molecule has 140 valence electrons. The van der Waals surface area contributed by atoms with Gasteiger partial charge >= 0.3 is 6.03 Å². The van der Waals surface area contributed by atoms with Crippen molar-refractivity contribution in [2.24, 2.45) is 0 Å². The van der Waals surface area contributed by atoms with E-state index in [1.54, 1.807) is 11.9 Å². The number of nitrogens with one attached hydrogen (secondary N) is 1. The van der Waals surface area contributed by atoms with Crippen molar-refractivity contribution in [3.8, 4) is 0 Å². The number of aliphatic hydroxyl groups is 1. The standard InChI is InChI=1S/C20H32N2O3/c1-5-19(2,3)17-8-6-16(7-9-17)14-21-18(23)22(4)15-20(24)10-12-25-13-11-20/h6-9,24H,5,10-15H2,1-4H3,(H,21,23). The molecule has 0 spiro atoms. The van der Waals surface area contributed by atoms with Crippen molar-refractivity contribution in [2.75, 3.05) is 26.8 Å². The summed E-state index contributed by atoms with van der Waals surface area (Å²) >= 11 is 0. The van der Waals surface area contributed by atoms with Crippen LogP contribution in [0.4, 0.5) is 4.79 Å². The van der Waals surface area contributed by atoms with E-state index >= 15 is 0 Å². The lowest BCUT2D eigenvalue weighted by molar-refractivity contribution is -0.0722. The number of amides is 2. The number of likely N-dealkylation sites (N-methyl/N-ethyl adjacent to an activating group) is 1. The monoisotopic (exact) mass is 348 g/mol. The lowest BCUT2D eigenvalue weighted by Crippen LogP contribution is -2.49. The van der Waals surface area contributed by atoms with E-state index in [0.717, 1.165) is 12.0 Å². The van der Waals surface area contributed by atoms with Gasteiger partial charge in [-0.15, -0.1) is 0 Å². The third-order valence-corrected chi connectivity index (χ3v) is 5.36. The quantitative estimate of drug-likeness (QED) is 0.830. The molecular formula is C20H32N2O3. The average Bonchev–Trinajstić information content (AvgIpc) is 2.60. The van der Waals surface area contributed by atoms with Crippen molar-refractivity contribution < 1.29 is 14.6 Å². The Morgan fingerprint density at radius 2 is 1.88 bits per heavy atom. The molecule has 1 aliphatic heterocycles. The van der Waals surface area contributed by atoms with E-state index in [0.29, 0.717) is 39.1 Å². The first-order chi connectivity index (χ1) is 11.8. The second kappa shape index (κ2) is 8.19. The van der Waals surface area contributed by atoms with Crippen LogP contribution in [0.5, 0.6) is 0 Å². The van der Waals surface area contributed by atoms with Crippen LogP contribution in [0, 0.1) is 0 Å². The first-order valence-corrected chi connectivity index (χ1v) is 9.14. The molecule has 0 saturated carbocycles. The average molecular weight is 348 g/mol. The number of hydrogen-bond acceptors (Lipinski definition) is 3. The summed E-state index contributed by atoms with van der Waals surface area (Å²) in [7, 11) is 1.72. The fraction of sp³-hybridized carbons (Fsp3) is 0.650. The molecule has 0 bridgehead atoms. The highest BCUT2D eigenvalue weighted by Gasteiger charge is 2.32. The van der Waals surface area contributed by atoms with Gasteiger partial charge < -0.3 is 20.1 Å². The smallest absolute Gasteiger partial charge is 0.317 e. The Hall–Kier alpha value is -1.59. The number of urea groups is 1. The zero-order valence-corrected chi connectivity index (χ0v) is 16.0. The topological polar surface area (TPSA) is 61.8 Å². The van der Waals surface area contributed by atoms with Gasteiger partial charge in [0.15, 0.2) is 0 Å². The van der Waals surface area contributed by atoms with Crippen LogP contribution in [-0.2, 0) is 16.7 Å². The molecule has 25 heavy (non-hydrogen) atoms. The zero-order valence-electron chi connectivity index (χ0n) is 16.0. The molecule has 1 aliphatic rings. The van der Waals surface area contributed by atoms with Crippen LogP contribution in [0.1, 0.15) is 51.2 Å². The molecule has 1 saturated heterocycles. The van der Waals surface area contributed by atoms with E-state index in [-0.39, 0.29) is 11.4 Å². The van der Waals surface area contributed by atoms with Gasteiger partial charge in [0.05, 0.1) is 12.1 Å². The fourth-order valence-corrected chi connectivity index (χ4v) is 3.01. The van der Waals surface area contributed by atoms with Crippen LogP contribution >= 0.6 is 0 Å². The van der Waals surface area contributed by atoms with Crippen molar-refractivity contribution in [1.82, 2.24) is 10.2 Å². The molecule has 2 rings (SSSR count). The molecule has 5 heteroatoms. The maximum atomic E-state index is 12.3. The molecule has 1 heterocycles. The Morgan fingerprint density at radius 3 is 2.44 bits per heavy atom. The third-order valence-electron chi connectivity index (χ3n) is 5.36. The van der Waals surface area contributed by atoms with Crippen molar-refractivity contribution in [2.45, 2.75) is 57.6 Å². The first-order valence-electron chi connectivity index (χ1n) is 9.14. The Kier molecular flexibility index (Phi) is 6.47. The molecule has 5 nitrogen and oxygen atoms in total. The van der Waals surface area contributed by atoms with Crippen LogP contribution in [0.25, 0.3) is 0 Å². The van der Waals surface area contributed by atoms with Gasteiger partial charge in [-0.2, -0.15) is 0 Å². The summed E-state index contributed by atoms with van der Waals surface area (Å²) < 4.78 is 5.27. The van der Waals surface area contributed by atoms with E-state index in [1.165, 1.54) is 5.56 Å². The van der Waals surface area contributed by atoms with Crippen molar-refractivity contribution in [1.29, 1.82) is 0 Å². The summed E-state index contributed by atoms with van der Waals surface area (Å²) in [6.07, 6.45) is 2.22. The molecule has 1 aromatic carbocycles. The summed E-state index contributed by atoms with van der Waals surface area (Å²) in [5.74, 6) is 0. The van der Waals surface area contributed by atoms with Gasteiger partial charge in [-0.3, -0.25) is 0 Å². The lowest BCUT2D eigenvalue weighted by Gasteiger charge is -2.35. The fourth-order valence-electron chi connectivity index (χ4n) is 3.01. The molecular weight excluding hydrogens is 316 g/mol. The van der Waals surface area contributed by atoms with Crippen molar-refractivity contribution in [3.05, 3.63) is 35.4 Å². The molecule has 2 amide bonds. The maximum absolute atomic E-state index is 12.3. The van der Waals surface area contributed by atoms with Crippen LogP contribution < -0.4 is 5.32 Å². The number of carbonyl (C=O) groups is 1. The van der Waals surface area contributed by atoms with E-state index < -0.39 is 5.60 Å². The van der Waals surface area contributed by atoms with Gasteiger partial charge in [0.25, 0.3) is 0 Å². The Bertz CT molecular complexity index is 563. The lowest BCUT2D eigenvalue weighted by atomic mass is 9.82. The summed E-state index contributed by atoms with van der Waals surface area (Å²) in [5, 5.41) is 13.4. The van der Waals surface area contributed by atoms with Gasteiger partial charge in [-0.25, -0.2) is 4.79 Å². The molecule has 0 aliphatic carbocycles. The number of ether oxygens (including phenoxy) is 1. The number of rotatable bonds is 6. The van der Waals surface area contributed by atoms with E-state index in [1.807, 2.05) is 0 Å². The van der Waals surface area contributed by atoms with Gasteiger partial charge in [0, 0.05) is 39.6 Å². The highest BCUT2D eigenvalue weighted by Crippen LogP contribution is 2.26. The third kappa shape index (κ3) is 5.44. The van der Waals surface area contributed by atoms with Gasteiger partial charge in [0.1, 0.15) is 0 Å². The largest absolute Gasteiger partial charge is 0.388 e. The molecule has 0 aromatic heterocycles. The van der Waals surface area contributed by atoms with Crippen LogP contribution in [-0.4, -0.2) is 48.4 Å². The molecule has 0 unspecified atom stereocenters. The van der Waals surface area contributed by atoms with Gasteiger partial charge in [-0.05, 0) is 23.0 Å². The minimum atomic E-state index is -0.836. The van der Waals surface area contributed by atoms with Crippen molar-refractivity contribution >= 4 is 6.03 Å². The first kappa shape index (κ1) is 19.7. The van der Waals surface area contributed by atoms with Crippen LogP contribution in [0.3, 0.4) is 0 Å². The minimum Gasteiger partial charge on any atom is -0.388 e. The van der Waals surface area contributed by atoms with E-state index in [2.05, 4.69) is 50.4 Å². The molecule has 0 radical (unpaired) electrons. The predicted octanol–water partition coefficient (Wildman–Crippen LogP) is 3.06. The highest BCUT2D eigenvalue weighted by molar-refractivity contribution is 5.73. The van der Waals surface area contributed by atoms with Gasteiger partial charge in [0.2, 0.25) is 0 Å². The minimum absolute atomic E-state index is 0.168. The normalized spacial score (nSPS) is 17.2. The Balaban J connectivity index is 1.84.